The van der Waals surface area contributed by atoms with Crippen molar-refractivity contribution < 1.29 is 17.9 Å². The van der Waals surface area contributed by atoms with Gasteiger partial charge in [0.05, 0.1) is 18.6 Å². The molecule has 0 aromatic heterocycles. The van der Waals surface area contributed by atoms with Crippen molar-refractivity contribution in [3.8, 4) is 5.75 Å². The van der Waals surface area contributed by atoms with Crippen molar-refractivity contribution in [3.05, 3.63) is 58.6 Å². The summed E-state index contributed by atoms with van der Waals surface area (Å²) in [7, 11) is -3.70. The standard InChI is InChI=1S/C20H25ClN2O4S/c1-5-27-18-10-7-16(8-11-18)13-22-20(24)15(3)23(28(4,25)26)19-12-17(21)9-6-14(19)2/h6-12,15H,5,13H2,1-4H3,(H,22,24)/t15-/m1/s1. The third-order valence-electron chi connectivity index (χ3n) is 4.20. The molecule has 0 heterocycles. The van der Waals surface area contributed by atoms with E-state index in [2.05, 4.69) is 5.32 Å². The van der Waals surface area contributed by atoms with E-state index in [-0.39, 0.29) is 6.54 Å². The summed E-state index contributed by atoms with van der Waals surface area (Å²) in [6, 6.07) is 11.4. The fourth-order valence-electron chi connectivity index (χ4n) is 2.81. The number of carbonyl (C=O) groups excluding carboxylic acids is 1. The van der Waals surface area contributed by atoms with Crippen molar-refractivity contribution in [2.45, 2.75) is 33.4 Å². The summed E-state index contributed by atoms with van der Waals surface area (Å²) in [5, 5.41) is 3.19. The zero-order valence-electron chi connectivity index (χ0n) is 16.4. The fraction of sp³-hybridized carbons (Fsp3) is 0.350. The second-order valence-electron chi connectivity index (χ2n) is 6.46. The van der Waals surface area contributed by atoms with Crippen molar-refractivity contribution in [1.29, 1.82) is 0 Å². The molecule has 28 heavy (non-hydrogen) atoms. The number of sulfonamides is 1. The molecule has 1 atom stereocenters. The van der Waals surface area contributed by atoms with E-state index in [1.807, 2.05) is 31.2 Å². The Morgan fingerprint density at radius 1 is 1.21 bits per heavy atom. The Kier molecular flexibility index (Phi) is 7.32. The van der Waals surface area contributed by atoms with Crippen LogP contribution in [0.5, 0.6) is 5.75 Å². The van der Waals surface area contributed by atoms with Gasteiger partial charge >= 0.3 is 0 Å². The van der Waals surface area contributed by atoms with Gasteiger partial charge in [-0.15, -0.1) is 0 Å². The number of hydrogen-bond donors (Lipinski definition) is 1. The highest BCUT2D eigenvalue weighted by Gasteiger charge is 2.30. The third kappa shape index (κ3) is 5.62. The lowest BCUT2D eigenvalue weighted by molar-refractivity contribution is -0.122. The molecule has 0 bridgehead atoms. The highest BCUT2D eigenvalue weighted by atomic mass is 35.5. The van der Waals surface area contributed by atoms with Gasteiger partial charge in [-0.2, -0.15) is 0 Å². The van der Waals surface area contributed by atoms with Crippen molar-refractivity contribution in [2.75, 3.05) is 17.2 Å². The molecule has 1 N–H and O–H groups in total. The number of benzene rings is 2. The number of rotatable bonds is 8. The number of carbonyl (C=O) groups is 1. The van der Waals surface area contributed by atoms with Crippen LogP contribution in [0.15, 0.2) is 42.5 Å². The van der Waals surface area contributed by atoms with Gasteiger partial charge in [0.2, 0.25) is 15.9 Å². The molecular weight excluding hydrogens is 400 g/mol. The van der Waals surface area contributed by atoms with Gasteiger partial charge in [-0.3, -0.25) is 9.10 Å². The maximum atomic E-state index is 12.7. The predicted octanol–water partition coefficient (Wildman–Crippen LogP) is 3.52. The number of hydrogen-bond acceptors (Lipinski definition) is 4. The van der Waals surface area contributed by atoms with Crippen molar-refractivity contribution in [3.63, 3.8) is 0 Å². The number of halogens is 1. The van der Waals surface area contributed by atoms with E-state index in [4.69, 9.17) is 16.3 Å². The molecule has 0 aliphatic heterocycles. The molecule has 0 aliphatic carbocycles. The average molecular weight is 425 g/mol. The van der Waals surface area contributed by atoms with Gasteiger partial charge in [-0.25, -0.2) is 8.42 Å². The van der Waals surface area contributed by atoms with Crippen LogP contribution < -0.4 is 14.4 Å². The number of nitrogens with zero attached hydrogens (tertiary/aromatic N) is 1. The molecule has 0 fully saturated rings. The molecule has 6 nitrogen and oxygen atoms in total. The third-order valence-corrected chi connectivity index (χ3v) is 5.66. The minimum absolute atomic E-state index is 0.279. The zero-order chi connectivity index (χ0) is 20.9. The van der Waals surface area contributed by atoms with Gasteiger partial charge in [0.25, 0.3) is 0 Å². The summed E-state index contributed by atoms with van der Waals surface area (Å²) in [6.07, 6.45) is 1.07. The van der Waals surface area contributed by atoms with Crippen LogP contribution in [-0.2, 0) is 21.4 Å². The number of nitrogens with one attached hydrogen (secondary N) is 1. The van der Waals surface area contributed by atoms with Crippen LogP contribution in [0.25, 0.3) is 0 Å². The van der Waals surface area contributed by atoms with Crippen molar-refractivity contribution in [2.24, 2.45) is 0 Å². The van der Waals surface area contributed by atoms with Crippen LogP contribution in [0, 0.1) is 6.92 Å². The van der Waals surface area contributed by atoms with Gasteiger partial charge in [0.1, 0.15) is 11.8 Å². The summed E-state index contributed by atoms with van der Waals surface area (Å²) >= 11 is 6.04. The molecular formula is C20H25ClN2O4S. The van der Waals surface area contributed by atoms with E-state index in [9.17, 15) is 13.2 Å². The Hall–Kier alpha value is -2.25. The lowest BCUT2D eigenvalue weighted by Crippen LogP contribution is -2.48. The number of amides is 1. The largest absolute Gasteiger partial charge is 0.494 e. The molecule has 152 valence electrons. The first-order chi connectivity index (χ1) is 13.1. The van der Waals surface area contributed by atoms with Crippen LogP contribution in [0.1, 0.15) is 25.0 Å². The van der Waals surface area contributed by atoms with Crippen LogP contribution in [-0.4, -0.2) is 33.2 Å². The first kappa shape index (κ1) is 22.0. The Labute approximate surface area is 171 Å². The molecule has 0 saturated carbocycles. The van der Waals surface area contributed by atoms with Gasteiger partial charge in [-0.1, -0.05) is 29.8 Å². The average Bonchev–Trinajstić information content (AvgIpc) is 2.63. The first-order valence-electron chi connectivity index (χ1n) is 8.88. The van der Waals surface area contributed by atoms with Crippen LogP contribution >= 0.6 is 11.6 Å². The number of ether oxygens (including phenoxy) is 1. The smallest absolute Gasteiger partial charge is 0.243 e. The van der Waals surface area contributed by atoms with E-state index < -0.39 is 22.0 Å². The van der Waals surface area contributed by atoms with Gasteiger partial charge in [0, 0.05) is 11.6 Å². The Balaban J connectivity index is 2.16. The molecule has 1 amide bonds. The fourth-order valence-corrected chi connectivity index (χ4v) is 4.20. The second kappa shape index (κ2) is 9.30. The van der Waals surface area contributed by atoms with E-state index in [1.54, 1.807) is 32.0 Å². The highest BCUT2D eigenvalue weighted by Crippen LogP contribution is 2.28. The van der Waals surface area contributed by atoms with Crippen LogP contribution in [0.2, 0.25) is 5.02 Å². The van der Waals surface area contributed by atoms with Gasteiger partial charge in [-0.05, 0) is 56.2 Å². The van der Waals surface area contributed by atoms with E-state index in [0.717, 1.165) is 21.9 Å². The van der Waals surface area contributed by atoms with Gasteiger partial charge < -0.3 is 10.1 Å². The highest BCUT2D eigenvalue weighted by molar-refractivity contribution is 7.92. The summed E-state index contributed by atoms with van der Waals surface area (Å²) in [6.45, 7) is 6.09. The summed E-state index contributed by atoms with van der Waals surface area (Å²) in [5.74, 6) is 0.351. The molecule has 0 radical (unpaired) electrons. The Bertz CT molecular complexity index is 930. The Morgan fingerprint density at radius 2 is 1.86 bits per heavy atom. The molecule has 0 saturated heterocycles. The summed E-state index contributed by atoms with van der Waals surface area (Å²) in [5.41, 5.74) is 1.98. The van der Waals surface area contributed by atoms with Crippen LogP contribution in [0.4, 0.5) is 5.69 Å². The first-order valence-corrected chi connectivity index (χ1v) is 11.1. The zero-order valence-corrected chi connectivity index (χ0v) is 18.0. The number of anilines is 1. The minimum atomic E-state index is -3.70. The quantitative estimate of drug-likeness (QED) is 0.703. The van der Waals surface area contributed by atoms with Gasteiger partial charge in [0.15, 0.2) is 0 Å². The van der Waals surface area contributed by atoms with Crippen molar-refractivity contribution >= 4 is 33.2 Å². The number of aryl methyl sites for hydroxylation is 1. The summed E-state index contributed by atoms with van der Waals surface area (Å²) in [4.78, 5) is 12.7. The Morgan fingerprint density at radius 3 is 2.43 bits per heavy atom. The molecule has 2 aromatic carbocycles. The molecule has 0 unspecified atom stereocenters. The second-order valence-corrected chi connectivity index (χ2v) is 8.76. The van der Waals surface area contributed by atoms with E-state index in [1.165, 1.54) is 0 Å². The summed E-state index contributed by atoms with van der Waals surface area (Å²) < 4.78 is 31.3. The normalized spacial score (nSPS) is 12.3. The lowest BCUT2D eigenvalue weighted by atomic mass is 10.1. The van der Waals surface area contributed by atoms with Crippen molar-refractivity contribution in [1.82, 2.24) is 5.32 Å². The minimum Gasteiger partial charge on any atom is -0.494 e. The molecule has 8 heteroatoms. The molecule has 2 aromatic rings. The maximum absolute atomic E-state index is 12.7. The van der Waals surface area contributed by atoms with E-state index >= 15 is 0 Å². The molecule has 2 rings (SSSR count). The molecule has 0 spiro atoms. The molecule has 0 aliphatic rings. The maximum Gasteiger partial charge on any atom is 0.243 e. The predicted molar refractivity (Wildman–Crippen MR) is 112 cm³/mol. The SMILES string of the molecule is CCOc1ccc(CNC(=O)[C@@H](C)N(c2cc(Cl)ccc2C)S(C)(=O)=O)cc1. The lowest BCUT2D eigenvalue weighted by Gasteiger charge is -2.29. The van der Waals surface area contributed by atoms with Crippen LogP contribution in [0.3, 0.4) is 0 Å². The van der Waals surface area contributed by atoms with E-state index in [0.29, 0.717) is 22.9 Å². The topological polar surface area (TPSA) is 75.7 Å². The monoisotopic (exact) mass is 424 g/mol.